The van der Waals surface area contributed by atoms with Crippen LogP contribution < -0.4 is 4.72 Å². The molecule has 1 N–H and O–H groups in total. The first kappa shape index (κ1) is 17.4. The fourth-order valence-corrected chi connectivity index (χ4v) is 4.12. The lowest BCUT2D eigenvalue weighted by molar-refractivity contribution is -0.130. The predicted molar refractivity (Wildman–Crippen MR) is 89.0 cm³/mol. The Hall–Kier alpha value is -0.920. The van der Waals surface area contributed by atoms with E-state index >= 15 is 0 Å². The average molecular weight is 389 g/mol. The van der Waals surface area contributed by atoms with Gasteiger partial charge in [-0.25, -0.2) is 13.1 Å². The number of hydrogen-bond acceptors (Lipinski definition) is 3. The highest BCUT2D eigenvalue weighted by Gasteiger charge is 2.18. The number of carbonyl (C=O) groups is 1. The molecule has 122 valence electrons. The molecular formula is C15H21BrN2O3S. The smallest absolute Gasteiger partial charge is 0.240 e. The Morgan fingerprint density at radius 1 is 1.18 bits per heavy atom. The lowest BCUT2D eigenvalue weighted by Gasteiger charge is -2.20. The summed E-state index contributed by atoms with van der Waals surface area (Å²) in [4.78, 5) is 14.2. The average Bonchev–Trinajstić information content (AvgIpc) is 2.76. The van der Waals surface area contributed by atoms with E-state index in [0.717, 1.165) is 25.9 Å². The van der Waals surface area contributed by atoms with Crippen molar-refractivity contribution in [1.82, 2.24) is 9.62 Å². The lowest BCUT2D eigenvalue weighted by atomic mass is 10.2. The molecule has 7 heteroatoms. The fraction of sp³-hybridized carbons (Fsp3) is 0.533. The quantitative estimate of drug-likeness (QED) is 0.842. The molecular weight excluding hydrogens is 368 g/mol. The number of rotatable bonds is 5. The van der Waals surface area contributed by atoms with Crippen molar-refractivity contribution in [3.63, 3.8) is 0 Å². The van der Waals surface area contributed by atoms with Gasteiger partial charge in [-0.1, -0.05) is 34.8 Å². The highest BCUT2D eigenvalue weighted by molar-refractivity contribution is 9.10. The van der Waals surface area contributed by atoms with Crippen LogP contribution in [0.3, 0.4) is 0 Å². The number of hydrogen-bond donors (Lipinski definition) is 1. The van der Waals surface area contributed by atoms with Crippen LogP contribution in [0.1, 0.15) is 32.1 Å². The van der Waals surface area contributed by atoms with Crippen molar-refractivity contribution in [1.29, 1.82) is 0 Å². The van der Waals surface area contributed by atoms with Gasteiger partial charge in [0.15, 0.2) is 0 Å². The summed E-state index contributed by atoms with van der Waals surface area (Å²) in [7, 11) is -3.57. The Balaban J connectivity index is 1.85. The number of carbonyl (C=O) groups excluding carboxylic acids is 1. The van der Waals surface area contributed by atoms with Crippen molar-refractivity contribution >= 4 is 31.9 Å². The summed E-state index contributed by atoms with van der Waals surface area (Å²) in [6, 6.07) is 6.51. The van der Waals surface area contributed by atoms with Gasteiger partial charge in [0.2, 0.25) is 15.9 Å². The number of benzene rings is 1. The van der Waals surface area contributed by atoms with E-state index in [9.17, 15) is 13.2 Å². The Kier molecular flexibility index (Phi) is 6.40. The van der Waals surface area contributed by atoms with E-state index in [0.29, 0.717) is 4.47 Å². The van der Waals surface area contributed by atoms with E-state index in [1.54, 1.807) is 18.2 Å². The Morgan fingerprint density at radius 2 is 1.86 bits per heavy atom. The fourth-order valence-electron chi connectivity index (χ4n) is 2.49. The third kappa shape index (κ3) is 5.07. The lowest BCUT2D eigenvalue weighted by Crippen LogP contribution is -2.35. The first-order chi connectivity index (χ1) is 10.5. The third-order valence-electron chi connectivity index (χ3n) is 3.70. The molecule has 1 aromatic rings. The molecule has 0 radical (unpaired) electrons. The molecule has 0 aromatic heterocycles. The maximum Gasteiger partial charge on any atom is 0.240 e. The SMILES string of the molecule is O=C(CCNS(=O)(=O)c1cccc(Br)c1)N1CCCCCC1. The summed E-state index contributed by atoms with van der Waals surface area (Å²) in [5.41, 5.74) is 0. The second-order valence-electron chi connectivity index (χ2n) is 5.40. The van der Waals surface area contributed by atoms with Crippen LogP contribution in [0.15, 0.2) is 33.6 Å². The standard InChI is InChI=1S/C15H21BrN2O3S/c16-13-6-5-7-14(12-13)22(20,21)17-9-8-15(19)18-10-3-1-2-4-11-18/h5-7,12,17H,1-4,8-11H2. The maximum atomic E-state index is 12.1. The molecule has 0 unspecified atom stereocenters. The minimum Gasteiger partial charge on any atom is -0.343 e. The van der Waals surface area contributed by atoms with Gasteiger partial charge in [0.25, 0.3) is 0 Å². The molecule has 2 rings (SSSR count). The number of amides is 1. The topological polar surface area (TPSA) is 66.5 Å². The number of halogens is 1. The van der Waals surface area contributed by atoms with E-state index in [-0.39, 0.29) is 23.8 Å². The molecule has 1 saturated heterocycles. The largest absolute Gasteiger partial charge is 0.343 e. The van der Waals surface area contributed by atoms with Crippen molar-refractivity contribution in [3.8, 4) is 0 Å². The van der Waals surface area contributed by atoms with E-state index in [4.69, 9.17) is 0 Å². The molecule has 1 aromatic carbocycles. The number of nitrogens with one attached hydrogen (secondary N) is 1. The summed E-state index contributed by atoms with van der Waals surface area (Å²) in [6.45, 7) is 1.71. The normalized spacial score (nSPS) is 16.3. The van der Waals surface area contributed by atoms with Crippen LogP contribution in [-0.4, -0.2) is 38.9 Å². The molecule has 0 atom stereocenters. The van der Waals surface area contributed by atoms with Crippen molar-refractivity contribution < 1.29 is 13.2 Å². The van der Waals surface area contributed by atoms with E-state index in [1.165, 1.54) is 18.9 Å². The van der Waals surface area contributed by atoms with E-state index in [2.05, 4.69) is 20.7 Å². The Bertz CT molecular complexity index is 611. The summed E-state index contributed by atoms with van der Waals surface area (Å²) in [6.07, 6.45) is 4.61. The Morgan fingerprint density at radius 3 is 2.50 bits per heavy atom. The highest BCUT2D eigenvalue weighted by atomic mass is 79.9. The molecule has 1 aliphatic heterocycles. The molecule has 22 heavy (non-hydrogen) atoms. The molecule has 1 heterocycles. The van der Waals surface area contributed by atoms with Gasteiger partial charge < -0.3 is 4.90 Å². The van der Waals surface area contributed by atoms with Gasteiger partial charge in [0.1, 0.15) is 0 Å². The van der Waals surface area contributed by atoms with Gasteiger partial charge in [0.05, 0.1) is 4.90 Å². The van der Waals surface area contributed by atoms with Gasteiger partial charge >= 0.3 is 0 Å². The summed E-state index contributed by atoms with van der Waals surface area (Å²) in [5, 5.41) is 0. The third-order valence-corrected chi connectivity index (χ3v) is 5.65. The minimum atomic E-state index is -3.57. The van der Waals surface area contributed by atoms with Gasteiger partial charge in [-0.2, -0.15) is 0 Å². The van der Waals surface area contributed by atoms with Crippen molar-refractivity contribution in [2.45, 2.75) is 37.0 Å². The summed E-state index contributed by atoms with van der Waals surface area (Å²) < 4.78 is 27.5. The van der Waals surface area contributed by atoms with Crippen LogP contribution >= 0.6 is 15.9 Å². The van der Waals surface area contributed by atoms with Crippen LogP contribution in [0.2, 0.25) is 0 Å². The molecule has 0 spiro atoms. The van der Waals surface area contributed by atoms with Crippen LogP contribution in [-0.2, 0) is 14.8 Å². The van der Waals surface area contributed by atoms with Crippen molar-refractivity contribution in [3.05, 3.63) is 28.7 Å². The zero-order valence-electron chi connectivity index (χ0n) is 12.4. The molecule has 0 bridgehead atoms. The maximum absolute atomic E-state index is 12.1. The van der Waals surface area contributed by atoms with Gasteiger partial charge in [-0.3, -0.25) is 4.79 Å². The van der Waals surface area contributed by atoms with Crippen molar-refractivity contribution in [2.75, 3.05) is 19.6 Å². The highest BCUT2D eigenvalue weighted by Crippen LogP contribution is 2.16. The first-order valence-corrected chi connectivity index (χ1v) is 9.80. The monoisotopic (exact) mass is 388 g/mol. The molecule has 0 aliphatic carbocycles. The van der Waals surface area contributed by atoms with Gasteiger partial charge in [-0.15, -0.1) is 0 Å². The van der Waals surface area contributed by atoms with Crippen LogP contribution in [0, 0.1) is 0 Å². The molecule has 5 nitrogen and oxygen atoms in total. The Labute approximate surface area is 140 Å². The van der Waals surface area contributed by atoms with Crippen molar-refractivity contribution in [2.24, 2.45) is 0 Å². The molecule has 1 aliphatic rings. The van der Waals surface area contributed by atoms with Crippen LogP contribution in [0.4, 0.5) is 0 Å². The number of nitrogens with zero attached hydrogens (tertiary/aromatic N) is 1. The van der Waals surface area contributed by atoms with E-state index < -0.39 is 10.0 Å². The van der Waals surface area contributed by atoms with Crippen LogP contribution in [0.25, 0.3) is 0 Å². The predicted octanol–water partition coefficient (Wildman–Crippen LogP) is 2.52. The summed E-state index contributed by atoms with van der Waals surface area (Å²) in [5.74, 6) is 0.0267. The van der Waals surface area contributed by atoms with Gasteiger partial charge in [0, 0.05) is 30.5 Å². The number of sulfonamides is 1. The second kappa shape index (κ2) is 8.08. The number of likely N-dealkylation sites (tertiary alicyclic amines) is 1. The minimum absolute atomic E-state index is 0.0267. The zero-order chi connectivity index (χ0) is 16.0. The van der Waals surface area contributed by atoms with Gasteiger partial charge in [-0.05, 0) is 31.0 Å². The first-order valence-electron chi connectivity index (χ1n) is 7.52. The second-order valence-corrected chi connectivity index (χ2v) is 8.08. The van der Waals surface area contributed by atoms with Crippen LogP contribution in [0.5, 0.6) is 0 Å². The molecule has 0 saturated carbocycles. The zero-order valence-corrected chi connectivity index (χ0v) is 14.8. The summed E-state index contributed by atoms with van der Waals surface area (Å²) >= 11 is 3.25. The molecule has 1 amide bonds. The molecule has 1 fully saturated rings. The van der Waals surface area contributed by atoms with E-state index in [1.807, 2.05) is 4.90 Å².